The largest absolute Gasteiger partial charge is 0.390 e. The van der Waals surface area contributed by atoms with E-state index in [0.717, 1.165) is 36.8 Å². The summed E-state index contributed by atoms with van der Waals surface area (Å²) in [7, 11) is 0. The van der Waals surface area contributed by atoms with Crippen molar-refractivity contribution in [2.45, 2.75) is 102 Å². The molecule has 1 saturated heterocycles. The number of benzene rings is 1. The van der Waals surface area contributed by atoms with Crippen LogP contribution in [-0.2, 0) is 16.1 Å². The number of ether oxygens (including phenoxy) is 1. The van der Waals surface area contributed by atoms with Gasteiger partial charge < -0.3 is 19.8 Å². The lowest BCUT2D eigenvalue weighted by Crippen LogP contribution is -2.52. The number of allylic oxidation sites excluding steroid dienone is 2. The quantitative estimate of drug-likeness (QED) is 0.520. The lowest BCUT2D eigenvalue weighted by Gasteiger charge is -2.41. The zero-order valence-corrected chi connectivity index (χ0v) is 19.9. The van der Waals surface area contributed by atoms with Crippen molar-refractivity contribution in [2.24, 2.45) is 0 Å². The van der Waals surface area contributed by atoms with Crippen molar-refractivity contribution in [3.63, 3.8) is 0 Å². The smallest absolute Gasteiger partial charge is 0.252 e. The van der Waals surface area contributed by atoms with Crippen molar-refractivity contribution in [1.82, 2.24) is 4.90 Å². The van der Waals surface area contributed by atoms with Gasteiger partial charge in [-0.2, -0.15) is 0 Å². The molecule has 174 valence electrons. The average Bonchev–Trinajstić information content (AvgIpc) is 3.35. The Hall–Kier alpha value is -1.95. The van der Waals surface area contributed by atoms with Crippen LogP contribution in [0.5, 0.6) is 0 Å². The molecular weight excluding hydrogens is 402 g/mol. The number of hydrogen-bond acceptors (Lipinski definition) is 4. The zero-order valence-electron chi connectivity index (χ0n) is 19.9. The summed E-state index contributed by atoms with van der Waals surface area (Å²) in [6.07, 6.45) is 7.08. The summed E-state index contributed by atoms with van der Waals surface area (Å²) in [6, 6.07) is 9.73. The van der Waals surface area contributed by atoms with Crippen LogP contribution in [0.25, 0.3) is 0 Å². The first-order chi connectivity index (χ1) is 15.0. The van der Waals surface area contributed by atoms with E-state index in [1.807, 2.05) is 37.3 Å². The number of carbonyl (C=O) groups excluding carboxylic acids is 1. The number of fused-ring (bicyclic) bond motifs is 2. The number of aliphatic hydroxyl groups is 2. The van der Waals surface area contributed by atoms with E-state index in [0.29, 0.717) is 25.0 Å². The van der Waals surface area contributed by atoms with Gasteiger partial charge in [0.25, 0.3) is 5.91 Å². The molecule has 0 bridgehead atoms. The maximum atomic E-state index is 13.3. The van der Waals surface area contributed by atoms with Crippen molar-refractivity contribution in [1.29, 1.82) is 0 Å². The molecule has 4 atom stereocenters. The van der Waals surface area contributed by atoms with Gasteiger partial charge in [-0.25, -0.2) is 0 Å². The Morgan fingerprint density at radius 3 is 2.53 bits per heavy atom. The maximum absolute atomic E-state index is 13.3. The Balaban J connectivity index is 1.67. The standard InChI is InChI=1S/C27H37NO4/c1-19-9-8-15-26(4)23(32-26)14-16-25(3,30)18-27(31)22(13-12-19)20(2)24(29)28(27)17-21-10-6-5-7-11-21/h5-7,9-11,23,30-31H,8,12-18H2,1-4H3/b19-9+/t23-,25-,26-,27?/m0/s1. The van der Waals surface area contributed by atoms with E-state index in [-0.39, 0.29) is 24.0 Å². The molecule has 1 amide bonds. The fourth-order valence-electron chi connectivity index (χ4n) is 5.49. The van der Waals surface area contributed by atoms with Gasteiger partial charge in [0.1, 0.15) is 0 Å². The van der Waals surface area contributed by atoms with E-state index in [2.05, 4.69) is 19.9 Å². The Morgan fingerprint density at radius 2 is 1.81 bits per heavy atom. The molecule has 2 aliphatic heterocycles. The van der Waals surface area contributed by atoms with Gasteiger partial charge in [0.2, 0.25) is 0 Å². The van der Waals surface area contributed by atoms with Crippen molar-refractivity contribution in [2.75, 3.05) is 0 Å². The topological polar surface area (TPSA) is 73.3 Å². The fraction of sp³-hybridized carbons (Fsp3) is 0.593. The third-order valence-electron chi connectivity index (χ3n) is 7.64. The first kappa shape index (κ1) is 23.2. The van der Waals surface area contributed by atoms with Gasteiger partial charge >= 0.3 is 0 Å². The average molecular weight is 440 g/mol. The highest BCUT2D eigenvalue weighted by molar-refractivity contribution is 5.97. The van der Waals surface area contributed by atoms with E-state index in [4.69, 9.17) is 4.74 Å². The lowest BCUT2D eigenvalue weighted by molar-refractivity contribution is -0.155. The molecular formula is C27H37NO4. The molecule has 1 aromatic rings. The predicted octanol–water partition coefficient (Wildman–Crippen LogP) is 4.63. The molecule has 1 aromatic carbocycles. The van der Waals surface area contributed by atoms with Gasteiger partial charge in [-0.15, -0.1) is 0 Å². The molecule has 5 heteroatoms. The second kappa shape index (κ2) is 8.44. The fourth-order valence-corrected chi connectivity index (χ4v) is 5.49. The summed E-state index contributed by atoms with van der Waals surface area (Å²) in [5, 5.41) is 23.4. The van der Waals surface area contributed by atoms with Crippen LogP contribution in [0.4, 0.5) is 0 Å². The molecule has 2 heterocycles. The SMILES string of the molecule is CC1=C2CC/C(C)=C/CC[C@]3(C)O[C@H]3CC[C@](C)(O)CC2(O)N(Cc2ccccc2)C1=O. The van der Waals surface area contributed by atoms with E-state index >= 15 is 0 Å². The molecule has 4 rings (SSSR count). The molecule has 2 N–H and O–H groups in total. The van der Waals surface area contributed by atoms with Crippen LogP contribution in [0.15, 0.2) is 53.1 Å². The summed E-state index contributed by atoms with van der Waals surface area (Å²) < 4.78 is 5.98. The number of nitrogens with zero attached hydrogens (tertiary/aromatic N) is 1. The van der Waals surface area contributed by atoms with Gasteiger partial charge in [0, 0.05) is 18.5 Å². The van der Waals surface area contributed by atoms with Crippen molar-refractivity contribution >= 4 is 5.91 Å². The van der Waals surface area contributed by atoms with E-state index in [1.165, 1.54) is 5.57 Å². The molecule has 1 fully saturated rings. The summed E-state index contributed by atoms with van der Waals surface area (Å²) >= 11 is 0. The second-order valence-corrected chi connectivity index (χ2v) is 10.5. The normalized spacial score (nSPS) is 37.9. The minimum atomic E-state index is -1.50. The van der Waals surface area contributed by atoms with E-state index in [1.54, 1.807) is 11.8 Å². The van der Waals surface area contributed by atoms with Gasteiger partial charge in [-0.05, 0) is 77.4 Å². The summed E-state index contributed by atoms with van der Waals surface area (Å²) in [4.78, 5) is 14.9. The lowest BCUT2D eigenvalue weighted by atomic mass is 9.82. The Kier molecular flexibility index (Phi) is 6.12. The third kappa shape index (κ3) is 4.57. The number of amides is 1. The van der Waals surface area contributed by atoms with Crippen LogP contribution < -0.4 is 0 Å². The molecule has 3 aliphatic rings. The molecule has 1 aliphatic carbocycles. The highest BCUT2D eigenvalue weighted by Gasteiger charge is 2.54. The predicted molar refractivity (Wildman–Crippen MR) is 125 cm³/mol. The number of hydrogen-bond donors (Lipinski definition) is 2. The molecule has 0 radical (unpaired) electrons. The summed E-state index contributed by atoms with van der Waals surface area (Å²) in [5.74, 6) is -0.147. The van der Waals surface area contributed by atoms with Crippen LogP contribution >= 0.6 is 0 Å². The van der Waals surface area contributed by atoms with Crippen molar-refractivity contribution < 1.29 is 19.7 Å². The van der Waals surface area contributed by atoms with Gasteiger partial charge in [0.15, 0.2) is 5.72 Å². The van der Waals surface area contributed by atoms with Gasteiger partial charge in [-0.1, -0.05) is 42.0 Å². The molecule has 5 nitrogen and oxygen atoms in total. The van der Waals surface area contributed by atoms with Crippen molar-refractivity contribution in [3.05, 3.63) is 58.7 Å². The van der Waals surface area contributed by atoms with Crippen molar-refractivity contribution in [3.8, 4) is 0 Å². The third-order valence-corrected chi connectivity index (χ3v) is 7.64. The molecule has 0 aromatic heterocycles. The second-order valence-electron chi connectivity index (χ2n) is 10.5. The number of rotatable bonds is 2. The summed E-state index contributed by atoms with van der Waals surface area (Å²) in [5.41, 5.74) is 0.832. The summed E-state index contributed by atoms with van der Waals surface area (Å²) in [6.45, 7) is 8.16. The van der Waals surface area contributed by atoms with Crippen LogP contribution in [0.3, 0.4) is 0 Å². The Labute approximate surface area is 191 Å². The van der Waals surface area contributed by atoms with Gasteiger partial charge in [-0.3, -0.25) is 4.79 Å². The van der Waals surface area contributed by atoms with Crippen LogP contribution in [0.1, 0.15) is 78.2 Å². The van der Waals surface area contributed by atoms with E-state index in [9.17, 15) is 15.0 Å². The van der Waals surface area contributed by atoms with E-state index < -0.39 is 11.3 Å². The minimum Gasteiger partial charge on any atom is -0.390 e. The van der Waals surface area contributed by atoms with Gasteiger partial charge in [0.05, 0.1) is 17.3 Å². The molecule has 0 spiro atoms. The molecule has 0 saturated carbocycles. The first-order valence-corrected chi connectivity index (χ1v) is 11.9. The first-order valence-electron chi connectivity index (χ1n) is 11.9. The highest BCUT2D eigenvalue weighted by atomic mass is 16.6. The van der Waals surface area contributed by atoms with Crippen LogP contribution in [0.2, 0.25) is 0 Å². The maximum Gasteiger partial charge on any atom is 0.252 e. The molecule has 1 unspecified atom stereocenters. The highest BCUT2D eigenvalue weighted by Crippen LogP contribution is 2.47. The minimum absolute atomic E-state index is 0.0947. The Morgan fingerprint density at radius 1 is 1.09 bits per heavy atom. The van der Waals surface area contributed by atoms with Crippen LogP contribution in [-0.4, -0.2) is 44.1 Å². The Bertz CT molecular complexity index is 934. The molecule has 32 heavy (non-hydrogen) atoms. The number of epoxide rings is 1. The van der Waals surface area contributed by atoms with Crippen LogP contribution in [0, 0.1) is 0 Å². The number of carbonyl (C=O) groups is 1. The zero-order chi connectivity index (χ0) is 23.1. The monoisotopic (exact) mass is 439 g/mol.